The van der Waals surface area contributed by atoms with Gasteiger partial charge in [0.15, 0.2) is 5.82 Å². The Balaban J connectivity index is 2.02. The number of nitrogens with two attached hydrogens (primary N) is 1. The molecule has 9 heteroatoms. The predicted molar refractivity (Wildman–Crippen MR) is 82.9 cm³/mol. The summed E-state index contributed by atoms with van der Waals surface area (Å²) in [5, 5.41) is 4.35. The van der Waals surface area contributed by atoms with Crippen molar-refractivity contribution >= 4 is 27.3 Å². The number of nitrogens with zero attached hydrogens (tertiary/aromatic N) is 2. The number of anilines is 1. The van der Waals surface area contributed by atoms with E-state index < -0.39 is 15.6 Å². The molecule has 1 aromatic carbocycles. The normalized spacial score (nSPS) is 17.0. The van der Waals surface area contributed by atoms with Crippen molar-refractivity contribution in [1.82, 2.24) is 10.1 Å². The lowest BCUT2D eigenvalue weighted by molar-refractivity contribution is 0.229. The summed E-state index contributed by atoms with van der Waals surface area (Å²) >= 11 is 5.98. The molecule has 2 aromatic rings. The van der Waals surface area contributed by atoms with Crippen LogP contribution in [0.1, 0.15) is 25.1 Å². The Labute approximate surface area is 132 Å². The number of rotatable bonds is 4. The Hall–Kier alpha value is -1.64. The topological polar surface area (TPSA) is 111 Å². The van der Waals surface area contributed by atoms with Crippen LogP contribution in [0, 0.1) is 0 Å². The van der Waals surface area contributed by atoms with E-state index in [0.29, 0.717) is 22.1 Å². The fourth-order valence-electron chi connectivity index (χ4n) is 2.30. The van der Waals surface area contributed by atoms with Gasteiger partial charge in [0.1, 0.15) is 0 Å². The van der Waals surface area contributed by atoms with Gasteiger partial charge in [-0.25, -0.2) is 8.42 Å². The Morgan fingerprint density at radius 2 is 2.14 bits per heavy atom. The van der Waals surface area contributed by atoms with Crippen LogP contribution in [0.3, 0.4) is 0 Å². The van der Waals surface area contributed by atoms with E-state index in [4.69, 9.17) is 21.9 Å². The second-order valence-electron chi connectivity index (χ2n) is 5.50. The van der Waals surface area contributed by atoms with Gasteiger partial charge in [-0.1, -0.05) is 16.8 Å². The monoisotopic (exact) mass is 342 g/mol. The molecule has 118 valence electrons. The molecule has 1 saturated carbocycles. The van der Waals surface area contributed by atoms with Crippen molar-refractivity contribution in [2.24, 2.45) is 5.73 Å². The summed E-state index contributed by atoms with van der Waals surface area (Å²) in [4.78, 5) is 4.31. The van der Waals surface area contributed by atoms with Crippen molar-refractivity contribution in [3.8, 4) is 11.5 Å². The molecule has 0 atom stereocenters. The van der Waals surface area contributed by atoms with E-state index in [1.165, 1.54) is 0 Å². The number of nitrogens with one attached hydrogen (secondary N) is 1. The quantitative estimate of drug-likeness (QED) is 0.880. The molecule has 1 aliphatic rings. The zero-order chi connectivity index (χ0) is 16.0. The van der Waals surface area contributed by atoms with Gasteiger partial charge in [-0.3, -0.25) is 4.72 Å². The summed E-state index contributed by atoms with van der Waals surface area (Å²) in [6, 6.07) is 4.69. The first-order valence-corrected chi connectivity index (χ1v) is 8.95. The van der Waals surface area contributed by atoms with Gasteiger partial charge in [-0.15, -0.1) is 0 Å². The smallest absolute Gasteiger partial charge is 0.260 e. The van der Waals surface area contributed by atoms with Crippen molar-refractivity contribution in [3.05, 3.63) is 29.0 Å². The maximum absolute atomic E-state index is 11.5. The maximum Gasteiger partial charge on any atom is 0.260 e. The number of halogens is 1. The van der Waals surface area contributed by atoms with Crippen LogP contribution in [-0.4, -0.2) is 24.8 Å². The Morgan fingerprint density at radius 3 is 2.73 bits per heavy atom. The van der Waals surface area contributed by atoms with Gasteiger partial charge in [0, 0.05) is 5.02 Å². The molecule has 0 unspecified atom stereocenters. The van der Waals surface area contributed by atoms with Crippen LogP contribution in [-0.2, 0) is 15.6 Å². The van der Waals surface area contributed by atoms with Crippen LogP contribution in [0.2, 0.25) is 5.02 Å². The van der Waals surface area contributed by atoms with Crippen LogP contribution in [0.5, 0.6) is 0 Å². The van der Waals surface area contributed by atoms with Crippen LogP contribution in [0.15, 0.2) is 22.7 Å². The van der Waals surface area contributed by atoms with Crippen molar-refractivity contribution < 1.29 is 12.9 Å². The molecule has 1 heterocycles. The molecule has 0 spiro atoms. The number of hydrogen-bond donors (Lipinski definition) is 2. The lowest BCUT2D eigenvalue weighted by Gasteiger charge is -2.34. The summed E-state index contributed by atoms with van der Waals surface area (Å²) in [5.41, 5.74) is 6.35. The molecule has 0 saturated heterocycles. The molecule has 3 rings (SSSR count). The summed E-state index contributed by atoms with van der Waals surface area (Å²) < 4.78 is 30.6. The zero-order valence-corrected chi connectivity index (χ0v) is 13.4. The molecule has 0 aliphatic heterocycles. The van der Waals surface area contributed by atoms with Crippen molar-refractivity contribution in [2.75, 3.05) is 11.0 Å². The molecule has 1 aliphatic carbocycles. The third-order valence-corrected chi connectivity index (χ3v) is 4.45. The Kier molecular flexibility index (Phi) is 3.62. The highest BCUT2D eigenvalue weighted by atomic mass is 35.5. The second kappa shape index (κ2) is 5.22. The van der Waals surface area contributed by atoms with Gasteiger partial charge in [0.05, 0.1) is 23.0 Å². The maximum atomic E-state index is 11.5. The van der Waals surface area contributed by atoms with E-state index in [2.05, 4.69) is 14.9 Å². The largest absolute Gasteiger partial charge is 0.334 e. The van der Waals surface area contributed by atoms with Gasteiger partial charge < -0.3 is 10.3 Å². The molecule has 3 N–H and O–H groups in total. The minimum absolute atomic E-state index is 0.181. The first-order chi connectivity index (χ1) is 10.3. The summed E-state index contributed by atoms with van der Waals surface area (Å²) in [7, 11) is -3.44. The van der Waals surface area contributed by atoms with Crippen molar-refractivity contribution in [1.29, 1.82) is 0 Å². The lowest BCUT2D eigenvalue weighted by atomic mass is 9.77. The van der Waals surface area contributed by atoms with E-state index in [1.54, 1.807) is 18.2 Å². The van der Waals surface area contributed by atoms with E-state index in [-0.39, 0.29) is 5.89 Å². The summed E-state index contributed by atoms with van der Waals surface area (Å²) in [6.07, 6.45) is 3.69. The van der Waals surface area contributed by atoms with E-state index in [0.717, 1.165) is 25.5 Å². The van der Waals surface area contributed by atoms with E-state index >= 15 is 0 Å². The number of aromatic nitrogens is 2. The molecule has 0 amide bonds. The third-order valence-electron chi connectivity index (χ3n) is 3.62. The number of sulfonamides is 1. The highest BCUT2D eigenvalue weighted by Gasteiger charge is 2.39. The molecule has 0 bridgehead atoms. The highest BCUT2D eigenvalue weighted by molar-refractivity contribution is 7.92. The average molecular weight is 343 g/mol. The Morgan fingerprint density at radius 1 is 1.41 bits per heavy atom. The number of hydrogen-bond acceptors (Lipinski definition) is 6. The van der Waals surface area contributed by atoms with Gasteiger partial charge in [0.25, 0.3) is 5.89 Å². The minimum atomic E-state index is -3.44. The van der Waals surface area contributed by atoms with Gasteiger partial charge in [-0.2, -0.15) is 4.98 Å². The third kappa shape index (κ3) is 2.94. The van der Waals surface area contributed by atoms with Gasteiger partial charge in [0.2, 0.25) is 10.0 Å². The van der Waals surface area contributed by atoms with Crippen LogP contribution in [0.25, 0.3) is 11.5 Å². The Bertz CT molecular complexity index is 814. The molecule has 1 aromatic heterocycles. The fraction of sp³-hybridized carbons (Fsp3) is 0.385. The number of benzene rings is 1. The lowest BCUT2D eigenvalue weighted by Crippen LogP contribution is -2.44. The highest BCUT2D eigenvalue weighted by Crippen LogP contribution is 2.38. The van der Waals surface area contributed by atoms with Crippen molar-refractivity contribution in [3.63, 3.8) is 0 Å². The first kappa shape index (κ1) is 15.3. The zero-order valence-electron chi connectivity index (χ0n) is 11.8. The molecule has 7 nitrogen and oxygen atoms in total. The standard InChI is InChI=1S/C13H15ClN4O3S/c1-22(19,20)18-10-4-3-8(14)7-9(10)11-16-12(17-21-11)13(15)5-2-6-13/h3-4,7,18H,2,5-6,15H2,1H3. The van der Waals surface area contributed by atoms with Crippen molar-refractivity contribution in [2.45, 2.75) is 24.8 Å². The summed E-state index contributed by atoms with van der Waals surface area (Å²) in [6.45, 7) is 0. The van der Waals surface area contributed by atoms with Gasteiger partial charge >= 0.3 is 0 Å². The summed E-state index contributed by atoms with van der Waals surface area (Å²) in [5.74, 6) is 0.611. The molecule has 22 heavy (non-hydrogen) atoms. The second-order valence-corrected chi connectivity index (χ2v) is 7.68. The average Bonchev–Trinajstić information content (AvgIpc) is 2.86. The SMILES string of the molecule is CS(=O)(=O)Nc1ccc(Cl)cc1-c1nc(C2(N)CCC2)no1. The molecular formula is C13H15ClN4O3S. The van der Waals surface area contributed by atoms with Gasteiger partial charge in [-0.05, 0) is 37.5 Å². The van der Waals surface area contributed by atoms with Crippen LogP contribution >= 0.6 is 11.6 Å². The predicted octanol–water partition coefficient (Wildman–Crippen LogP) is 2.10. The minimum Gasteiger partial charge on any atom is -0.334 e. The van der Waals surface area contributed by atoms with E-state index in [1.807, 2.05) is 0 Å². The molecular weight excluding hydrogens is 328 g/mol. The van der Waals surface area contributed by atoms with Crippen LogP contribution in [0.4, 0.5) is 5.69 Å². The first-order valence-electron chi connectivity index (χ1n) is 6.68. The molecule has 0 radical (unpaired) electrons. The van der Waals surface area contributed by atoms with Crippen LogP contribution < -0.4 is 10.5 Å². The van der Waals surface area contributed by atoms with E-state index in [9.17, 15) is 8.42 Å². The molecule has 1 fully saturated rings. The fourth-order valence-corrected chi connectivity index (χ4v) is 3.05.